The first-order chi connectivity index (χ1) is 12.0. The number of nitrogens with zero attached hydrogens (tertiary/aromatic N) is 2. The van der Waals surface area contributed by atoms with E-state index in [0.29, 0.717) is 11.6 Å². The number of methoxy groups -OCH3 is 1. The van der Waals surface area contributed by atoms with E-state index in [2.05, 4.69) is 15.3 Å². The molecule has 1 N–H and O–H groups in total. The summed E-state index contributed by atoms with van der Waals surface area (Å²) in [6.07, 6.45) is 1.68. The van der Waals surface area contributed by atoms with E-state index in [1.54, 1.807) is 0 Å². The molecule has 1 atom stereocenters. The van der Waals surface area contributed by atoms with E-state index in [9.17, 15) is 9.59 Å². The predicted molar refractivity (Wildman–Crippen MR) is 96.9 cm³/mol. The minimum Gasteiger partial charge on any atom is -0.467 e. The number of thioether (sulfide) groups is 1. The van der Waals surface area contributed by atoms with Gasteiger partial charge >= 0.3 is 5.97 Å². The number of ether oxygens (including phenoxy) is 1. The van der Waals surface area contributed by atoms with Gasteiger partial charge in [-0.25, -0.2) is 14.8 Å². The Morgan fingerprint density at radius 3 is 2.68 bits per heavy atom. The van der Waals surface area contributed by atoms with Crippen molar-refractivity contribution < 1.29 is 14.3 Å². The SMILES string of the molecule is CCSc1ncc(Cl)c(C(=O)N[C@@H](Cc2ccccc2)C(=O)OC)n1. The van der Waals surface area contributed by atoms with Crippen molar-refractivity contribution in [3.05, 3.63) is 52.8 Å². The average Bonchev–Trinajstić information content (AvgIpc) is 2.63. The Morgan fingerprint density at radius 2 is 2.04 bits per heavy atom. The molecule has 1 aromatic carbocycles. The quantitative estimate of drug-likeness (QED) is 0.452. The van der Waals surface area contributed by atoms with Crippen molar-refractivity contribution in [3.63, 3.8) is 0 Å². The number of carbonyl (C=O) groups is 2. The first kappa shape index (κ1) is 19.2. The first-order valence-corrected chi connectivity index (χ1v) is 8.99. The summed E-state index contributed by atoms with van der Waals surface area (Å²) in [5.74, 6) is -0.316. The van der Waals surface area contributed by atoms with Crippen LogP contribution in [0.3, 0.4) is 0 Å². The van der Waals surface area contributed by atoms with Crippen molar-refractivity contribution in [2.45, 2.75) is 24.5 Å². The zero-order chi connectivity index (χ0) is 18.2. The highest BCUT2D eigenvalue weighted by atomic mass is 35.5. The summed E-state index contributed by atoms with van der Waals surface area (Å²) in [6.45, 7) is 1.95. The standard InChI is InChI=1S/C17H18ClN3O3S/c1-3-25-17-19-10-12(18)14(21-17)15(22)20-13(16(23)24-2)9-11-7-5-4-6-8-11/h4-8,10,13H,3,9H2,1-2H3,(H,20,22)/t13-/m0/s1. The van der Waals surface area contributed by atoms with Gasteiger partial charge in [-0.3, -0.25) is 4.79 Å². The van der Waals surface area contributed by atoms with E-state index in [-0.39, 0.29) is 10.7 Å². The summed E-state index contributed by atoms with van der Waals surface area (Å²) in [5, 5.41) is 3.22. The van der Waals surface area contributed by atoms with E-state index in [4.69, 9.17) is 16.3 Å². The average molecular weight is 380 g/mol. The van der Waals surface area contributed by atoms with E-state index >= 15 is 0 Å². The molecule has 1 heterocycles. The molecule has 2 rings (SSSR count). The Bertz CT molecular complexity index is 743. The third-order valence-corrected chi connectivity index (χ3v) is 4.30. The molecule has 0 fully saturated rings. The molecule has 0 saturated heterocycles. The molecule has 1 aromatic heterocycles. The number of carbonyl (C=O) groups excluding carboxylic acids is 2. The van der Waals surface area contributed by atoms with Crippen LogP contribution in [-0.2, 0) is 16.0 Å². The molecule has 0 spiro atoms. The Labute approximate surface area is 155 Å². The lowest BCUT2D eigenvalue weighted by molar-refractivity contribution is -0.142. The van der Waals surface area contributed by atoms with Gasteiger partial charge < -0.3 is 10.1 Å². The molecular formula is C17H18ClN3O3S. The minimum atomic E-state index is -0.840. The molecule has 0 aliphatic rings. The highest BCUT2D eigenvalue weighted by molar-refractivity contribution is 7.99. The van der Waals surface area contributed by atoms with Crippen LogP contribution in [0.4, 0.5) is 0 Å². The van der Waals surface area contributed by atoms with Crippen LogP contribution < -0.4 is 5.32 Å². The summed E-state index contributed by atoms with van der Waals surface area (Å²) in [6, 6.07) is 8.50. The maximum Gasteiger partial charge on any atom is 0.328 e. The van der Waals surface area contributed by atoms with Gasteiger partial charge in [-0.2, -0.15) is 0 Å². The molecule has 2 aromatic rings. The summed E-state index contributed by atoms with van der Waals surface area (Å²) in [5.41, 5.74) is 0.934. The Balaban J connectivity index is 2.19. The molecule has 0 unspecified atom stereocenters. The van der Waals surface area contributed by atoms with Crippen LogP contribution in [0.2, 0.25) is 5.02 Å². The monoisotopic (exact) mass is 379 g/mol. The number of amides is 1. The van der Waals surface area contributed by atoms with Gasteiger partial charge in [0.1, 0.15) is 6.04 Å². The third kappa shape index (κ3) is 5.44. The highest BCUT2D eigenvalue weighted by Gasteiger charge is 2.24. The fraction of sp³-hybridized carbons (Fsp3) is 0.294. The summed E-state index contributed by atoms with van der Waals surface area (Å²) >= 11 is 7.43. The Morgan fingerprint density at radius 1 is 1.32 bits per heavy atom. The largest absolute Gasteiger partial charge is 0.467 e. The fourth-order valence-corrected chi connectivity index (χ4v) is 2.84. The number of esters is 1. The predicted octanol–water partition coefficient (Wildman–Crippen LogP) is 2.76. The maximum absolute atomic E-state index is 12.5. The van der Waals surface area contributed by atoms with Crippen molar-refractivity contribution in [1.29, 1.82) is 0 Å². The van der Waals surface area contributed by atoms with Gasteiger partial charge in [0.2, 0.25) is 0 Å². The van der Waals surface area contributed by atoms with Crippen LogP contribution in [0.25, 0.3) is 0 Å². The van der Waals surface area contributed by atoms with Gasteiger partial charge in [0.25, 0.3) is 5.91 Å². The van der Waals surface area contributed by atoms with Gasteiger partial charge in [0, 0.05) is 6.42 Å². The topological polar surface area (TPSA) is 81.2 Å². The normalized spacial score (nSPS) is 11.6. The van der Waals surface area contributed by atoms with Gasteiger partial charge in [0.05, 0.1) is 18.3 Å². The summed E-state index contributed by atoms with van der Waals surface area (Å²) < 4.78 is 4.79. The Kier molecular flexibility index (Phi) is 7.21. The number of benzene rings is 1. The molecule has 0 aliphatic carbocycles. The number of halogens is 1. The first-order valence-electron chi connectivity index (χ1n) is 7.63. The molecule has 0 radical (unpaired) electrons. The smallest absolute Gasteiger partial charge is 0.328 e. The van der Waals surface area contributed by atoms with E-state index < -0.39 is 17.9 Å². The van der Waals surface area contributed by atoms with Crippen molar-refractivity contribution in [2.24, 2.45) is 0 Å². The molecular weight excluding hydrogens is 362 g/mol. The Hall–Kier alpha value is -2.12. The number of nitrogens with one attached hydrogen (secondary N) is 1. The summed E-state index contributed by atoms with van der Waals surface area (Å²) in [7, 11) is 1.28. The van der Waals surface area contributed by atoms with Crippen molar-refractivity contribution in [3.8, 4) is 0 Å². The van der Waals surface area contributed by atoms with Crippen LogP contribution >= 0.6 is 23.4 Å². The lowest BCUT2D eigenvalue weighted by Crippen LogP contribution is -2.43. The summed E-state index contributed by atoms with van der Waals surface area (Å²) in [4.78, 5) is 32.8. The zero-order valence-electron chi connectivity index (χ0n) is 13.9. The molecule has 1 amide bonds. The molecule has 132 valence electrons. The van der Waals surface area contributed by atoms with Crippen molar-refractivity contribution in [1.82, 2.24) is 15.3 Å². The van der Waals surface area contributed by atoms with Gasteiger partial charge in [0.15, 0.2) is 10.9 Å². The lowest BCUT2D eigenvalue weighted by atomic mass is 10.1. The van der Waals surface area contributed by atoms with Gasteiger partial charge in [-0.15, -0.1) is 0 Å². The zero-order valence-corrected chi connectivity index (χ0v) is 15.4. The minimum absolute atomic E-state index is 0.0366. The van der Waals surface area contributed by atoms with Crippen molar-refractivity contribution >= 4 is 35.2 Å². The van der Waals surface area contributed by atoms with E-state index in [1.807, 2.05) is 37.3 Å². The van der Waals surface area contributed by atoms with Crippen LogP contribution in [0.1, 0.15) is 23.0 Å². The van der Waals surface area contributed by atoms with Crippen LogP contribution in [-0.4, -0.2) is 40.7 Å². The third-order valence-electron chi connectivity index (χ3n) is 3.28. The number of hydrogen-bond donors (Lipinski definition) is 1. The molecule has 0 saturated carbocycles. The lowest BCUT2D eigenvalue weighted by Gasteiger charge is -2.17. The highest BCUT2D eigenvalue weighted by Crippen LogP contribution is 2.18. The fourth-order valence-electron chi connectivity index (χ4n) is 2.12. The molecule has 8 heteroatoms. The van der Waals surface area contributed by atoms with Gasteiger partial charge in [-0.05, 0) is 11.3 Å². The molecule has 0 bridgehead atoms. The molecule has 6 nitrogen and oxygen atoms in total. The van der Waals surface area contributed by atoms with Crippen LogP contribution in [0, 0.1) is 0 Å². The molecule has 25 heavy (non-hydrogen) atoms. The second kappa shape index (κ2) is 9.39. The van der Waals surface area contributed by atoms with Gasteiger partial charge in [-0.1, -0.05) is 60.6 Å². The second-order valence-corrected chi connectivity index (χ2v) is 6.66. The van der Waals surface area contributed by atoms with Crippen molar-refractivity contribution in [2.75, 3.05) is 12.9 Å². The molecule has 0 aliphatic heterocycles. The van der Waals surface area contributed by atoms with E-state index in [1.165, 1.54) is 25.1 Å². The maximum atomic E-state index is 12.5. The van der Waals surface area contributed by atoms with Crippen LogP contribution in [0.5, 0.6) is 0 Å². The second-order valence-electron chi connectivity index (χ2n) is 5.02. The number of aromatic nitrogens is 2. The number of rotatable bonds is 7. The van der Waals surface area contributed by atoms with Crippen LogP contribution in [0.15, 0.2) is 41.7 Å². The number of hydrogen-bond acceptors (Lipinski definition) is 6. The van der Waals surface area contributed by atoms with E-state index in [0.717, 1.165) is 11.3 Å².